The highest BCUT2D eigenvalue weighted by atomic mass is 15.3. The van der Waals surface area contributed by atoms with Gasteiger partial charge in [-0.3, -0.25) is 0 Å². The summed E-state index contributed by atoms with van der Waals surface area (Å²) in [6.45, 7) is 6.06. The zero-order chi connectivity index (χ0) is 14.1. The minimum atomic E-state index is 0.555. The molecule has 2 N–H and O–H groups in total. The predicted molar refractivity (Wildman–Crippen MR) is 82.3 cm³/mol. The van der Waals surface area contributed by atoms with Crippen molar-refractivity contribution in [3.05, 3.63) is 30.1 Å². The van der Waals surface area contributed by atoms with Gasteiger partial charge in [0.1, 0.15) is 5.65 Å². The molecule has 3 rings (SSSR count). The molecule has 20 heavy (non-hydrogen) atoms. The Morgan fingerprint density at radius 2 is 2.20 bits per heavy atom. The average Bonchev–Trinajstić information content (AvgIpc) is 2.82. The molecule has 0 bridgehead atoms. The third-order valence-electron chi connectivity index (χ3n) is 4.25. The number of rotatable bonds is 3. The molecule has 108 valence electrons. The first-order chi connectivity index (χ1) is 9.70. The smallest absolute Gasteiger partial charge is 0.151 e. The van der Waals surface area contributed by atoms with Crippen LogP contribution < -0.4 is 10.6 Å². The maximum atomic E-state index is 5.79. The summed E-state index contributed by atoms with van der Waals surface area (Å²) in [6, 6.07) is 6.69. The lowest BCUT2D eigenvalue weighted by Crippen LogP contribution is -2.50. The van der Waals surface area contributed by atoms with Crippen LogP contribution in [0.15, 0.2) is 24.4 Å². The Labute approximate surface area is 120 Å². The molecule has 1 fully saturated rings. The van der Waals surface area contributed by atoms with Crippen LogP contribution in [0.1, 0.15) is 12.6 Å². The van der Waals surface area contributed by atoms with E-state index in [9.17, 15) is 0 Å². The molecule has 0 saturated carbocycles. The van der Waals surface area contributed by atoms with Crippen LogP contribution >= 0.6 is 0 Å². The largest absolute Gasteiger partial charge is 0.352 e. The molecule has 5 heteroatoms. The minimum Gasteiger partial charge on any atom is -0.352 e. The molecule has 3 heterocycles. The fourth-order valence-corrected chi connectivity index (χ4v) is 2.90. The standard InChI is InChI=1S/C15H23N5/c1-12-11-19(10-9-18(12)2)15-13(6-7-16)20-8-4-3-5-14(20)17-15/h3-5,8,12H,6-7,9-11,16H2,1-2H3. The Morgan fingerprint density at radius 1 is 1.35 bits per heavy atom. The lowest BCUT2D eigenvalue weighted by molar-refractivity contribution is 0.233. The van der Waals surface area contributed by atoms with Crippen LogP contribution in [0, 0.1) is 0 Å². The molecule has 0 radical (unpaired) electrons. The first-order valence-electron chi connectivity index (χ1n) is 7.32. The van der Waals surface area contributed by atoms with Crippen molar-refractivity contribution in [3.63, 3.8) is 0 Å². The van der Waals surface area contributed by atoms with Crippen LogP contribution in [-0.4, -0.2) is 53.6 Å². The highest BCUT2D eigenvalue weighted by Gasteiger charge is 2.25. The van der Waals surface area contributed by atoms with E-state index in [1.807, 2.05) is 12.1 Å². The number of aromatic nitrogens is 2. The number of pyridine rings is 1. The maximum Gasteiger partial charge on any atom is 0.151 e. The molecule has 1 unspecified atom stereocenters. The summed E-state index contributed by atoms with van der Waals surface area (Å²) in [4.78, 5) is 9.63. The lowest BCUT2D eigenvalue weighted by Gasteiger charge is -2.38. The summed E-state index contributed by atoms with van der Waals surface area (Å²) in [5, 5.41) is 0. The van der Waals surface area contributed by atoms with Crippen molar-refractivity contribution in [3.8, 4) is 0 Å². The van der Waals surface area contributed by atoms with Gasteiger partial charge in [0.25, 0.3) is 0 Å². The number of likely N-dealkylation sites (N-methyl/N-ethyl adjacent to an activating group) is 1. The Kier molecular flexibility index (Phi) is 3.63. The summed E-state index contributed by atoms with van der Waals surface area (Å²) >= 11 is 0. The third kappa shape index (κ3) is 2.27. The first kappa shape index (κ1) is 13.4. The topological polar surface area (TPSA) is 49.8 Å². The molecule has 1 aliphatic heterocycles. The highest BCUT2D eigenvalue weighted by molar-refractivity contribution is 5.56. The summed E-state index contributed by atoms with van der Waals surface area (Å²) in [6.07, 6.45) is 2.94. The molecule has 0 aromatic carbocycles. The van der Waals surface area contributed by atoms with Crippen molar-refractivity contribution in [2.45, 2.75) is 19.4 Å². The molecule has 2 aromatic heterocycles. The number of nitrogens with two attached hydrogens (primary N) is 1. The summed E-state index contributed by atoms with van der Waals surface area (Å²) in [7, 11) is 2.19. The maximum absolute atomic E-state index is 5.79. The van der Waals surface area contributed by atoms with E-state index in [0.29, 0.717) is 12.6 Å². The quantitative estimate of drug-likeness (QED) is 0.905. The van der Waals surface area contributed by atoms with Crippen molar-refractivity contribution in [1.82, 2.24) is 14.3 Å². The van der Waals surface area contributed by atoms with Crippen molar-refractivity contribution >= 4 is 11.5 Å². The molecule has 0 amide bonds. The van der Waals surface area contributed by atoms with Gasteiger partial charge in [-0.25, -0.2) is 4.98 Å². The summed E-state index contributed by atoms with van der Waals surface area (Å²) in [5.74, 6) is 1.11. The Hall–Kier alpha value is -1.59. The van der Waals surface area contributed by atoms with Crippen LogP contribution in [0.2, 0.25) is 0 Å². The fraction of sp³-hybridized carbons (Fsp3) is 0.533. The van der Waals surface area contributed by atoms with E-state index < -0.39 is 0 Å². The Bertz CT molecular complexity index is 591. The van der Waals surface area contributed by atoms with Gasteiger partial charge in [-0.05, 0) is 32.6 Å². The zero-order valence-corrected chi connectivity index (χ0v) is 12.3. The minimum absolute atomic E-state index is 0.555. The summed E-state index contributed by atoms with van der Waals surface area (Å²) in [5.41, 5.74) is 8.04. The van der Waals surface area contributed by atoms with E-state index in [-0.39, 0.29) is 0 Å². The van der Waals surface area contributed by atoms with Gasteiger partial charge < -0.3 is 19.9 Å². The van der Waals surface area contributed by atoms with Crippen LogP contribution in [0.5, 0.6) is 0 Å². The van der Waals surface area contributed by atoms with Crippen molar-refractivity contribution in [1.29, 1.82) is 0 Å². The monoisotopic (exact) mass is 273 g/mol. The Morgan fingerprint density at radius 3 is 2.95 bits per heavy atom. The number of hydrogen-bond acceptors (Lipinski definition) is 4. The van der Waals surface area contributed by atoms with Gasteiger partial charge in [-0.15, -0.1) is 0 Å². The van der Waals surface area contributed by atoms with Crippen molar-refractivity contribution in [2.75, 3.05) is 38.1 Å². The number of imidazole rings is 1. The second kappa shape index (κ2) is 5.42. The molecule has 1 saturated heterocycles. The molecule has 2 aromatic rings. The van der Waals surface area contributed by atoms with Crippen molar-refractivity contribution in [2.24, 2.45) is 5.73 Å². The lowest BCUT2D eigenvalue weighted by atomic mass is 10.2. The van der Waals surface area contributed by atoms with Crippen LogP contribution in [0.25, 0.3) is 5.65 Å². The van der Waals surface area contributed by atoms with Crippen LogP contribution in [0.4, 0.5) is 5.82 Å². The van der Waals surface area contributed by atoms with Gasteiger partial charge in [-0.1, -0.05) is 6.07 Å². The van der Waals surface area contributed by atoms with Gasteiger partial charge in [0.2, 0.25) is 0 Å². The van der Waals surface area contributed by atoms with Crippen LogP contribution in [0.3, 0.4) is 0 Å². The number of piperazine rings is 1. The molecular formula is C15H23N5. The molecule has 5 nitrogen and oxygen atoms in total. The Balaban J connectivity index is 1.99. The van der Waals surface area contributed by atoms with E-state index >= 15 is 0 Å². The number of hydrogen-bond donors (Lipinski definition) is 1. The highest BCUT2D eigenvalue weighted by Crippen LogP contribution is 2.24. The third-order valence-corrected chi connectivity index (χ3v) is 4.25. The fourth-order valence-electron chi connectivity index (χ4n) is 2.90. The van der Waals surface area contributed by atoms with E-state index in [1.165, 1.54) is 5.69 Å². The van der Waals surface area contributed by atoms with E-state index in [0.717, 1.165) is 37.5 Å². The number of fused-ring (bicyclic) bond motifs is 1. The average molecular weight is 273 g/mol. The first-order valence-corrected chi connectivity index (χ1v) is 7.32. The van der Waals surface area contributed by atoms with E-state index in [2.05, 4.69) is 40.4 Å². The molecule has 1 atom stereocenters. The van der Waals surface area contributed by atoms with E-state index in [4.69, 9.17) is 10.7 Å². The molecular weight excluding hydrogens is 250 g/mol. The number of nitrogens with zero attached hydrogens (tertiary/aromatic N) is 4. The second-order valence-electron chi connectivity index (χ2n) is 5.63. The second-order valence-corrected chi connectivity index (χ2v) is 5.63. The predicted octanol–water partition coefficient (Wildman–Crippen LogP) is 0.976. The van der Waals surface area contributed by atoms with Gasteiger partial charge in [0.05, 0.1) is 5.69 Å². The molecule has 0 aliphatic carbocycles. The molecule has 1 aliphatic rings. The van der Waals surface area contributed by atoms with E-state index in [1.54, 1.807) is 0 Å². The zero-order valence-electron chi connectivity index (χ0n) is 12.3. The van der Waals surface area contributed by atoms with Gasteiger partial charge in [0.15, 0.2) is 5.82 Å². The number of anilines is 1. The normalized spacial score (nSPS) is 20.8. The molecule has 0 spiro atoms. The summed E-state index contributed by atoms with van der Waals surface area (Å²) < 4.78 is 2.17. The van der Waals surface area contributed by atoms with Crippen molar-refractivity contribution < 1.29 is 0 Å². The van der Waals surface area contributed by atoms with Gasteiger partial charge >= 0.3 is 0 Å². The van der Waals surface area contributed by atoms with Crippen LogP contribution in [-0.2, 0) is 6.42 Å². The van der Waals surface area contributed by atoms with Gasteiger partial charge in [-0.2, -0.15) is 0 Å². The SMILES string of the molecule is CC1CN(c2nc3ccccn3c2CCN)CCN1C. The van der Waals surface area contributed by atoms with Gasteiger partial charge in [0, 0.05) is 38.3 Å².